The van der Waals surface area contributed by atoms with Crippen molar-refractivity contribution in [2.75, 3.05) is 13.1 Å². The highest BCUT2D eigenvalue weighted by molar-refractivity contribution is 9.10. The van der Waals surface area contributed by atoms with Crippen molar-refractivity contribution in [1.29, 1.82) is 0 Å². The maximum Gasteiger partial charge on any atom is 0.406 e. The number of nitrogens with one attached hydrogen (secondary N) is 1. The van der Waals surface area contributed by atoms with Crippen molar-refractivity contribution < 1.29 is 23.1 Å². The van der Waals surface area contributed by atoms with Crippen molar-refractivity contribution in [3.63, 3.8) is 0 Å². The van der Waals surface area contributed by atoms with Gasteiger partial charge in [0.1, 0.15) is 0 Å². The summed E-state index contributed by atoms with van der Waals surface area (Å²) in [5.41, 5.74) is -2.03. The van der Waals surface area contributed by atoms with Crippen LogP contribution in [0.25, 0.3) is 0 Å². The zero-order valence-corrected chi connectivity index (χ0v) is 12.0. The third-order valence-electron chi connectivity index (χ3n) is 3.75. The molecule has 1 aromatic carbocycles. The Morgan fingerprint density at radius 2 is 2.20 bits per heavy atom. The van der Waals surface area contributed by atoms with Crippen molar-refractivity contribution in [3.05, 3.63) is 34.3 Å². The van der Waals surface area contributed by atoms with E-state index in [-0.39, 0.29) is 13.0 Å². The molecular formula is C13H13BrF3NO2. The quantitative estimate of drug-likeness (QED) is 0.880. The molecule has 1 aromatic rings. The van der Waals surface area contributed by atoms with Gasteiger partial charge in [-0.3, -0.25) is 4.79 Å². The van der Waals surface area contributed by atoms with Crippen molar-refractivity contribution in [1.82, 2.24) is 5.32 Å². The largest absolute Gasteiger partial charge is 0.481 e. The van der Waals surface area contributed by atoms with Crippen molar-refractivity contribution in [2.45, 2.75) is 12.6 Å². The fraction of sp³-hybridized carbons (Fsp3) is 0.462. The lowest BCUT2D eigenvalue weighted by molar-refractivity contribution is -0.236. The molecule has 0 aliphatic carbocycles. The van der Waals surface area contributed by atoms with Crippen LogP contribution in [0.5, 0.6) is 0 Å². The van der Waals surface area contributed by atoms with Crippen LogP contribution in [-0.2, 0) is 11.2 Å². The molecule has 1 heterocycles. The third-order valence-corrected chi connectivity index (χ3v) is 4.24. The van der Waals surface area contributed by atoms with Crippen LogP contribution >= 0.6 is 15.9 Å². The SMILES string of the molecule is O=C(O)[C@]1(C(F)(F)F)CNC[C@@H]1Cc1cccc(Br)c1. The topological polar surface area (TPSA) is 49.3 Å². The van der Waals surface area contributed by atoms with Gasteiger partial charge in [-0.1, -0.05) is 28.1 Å². The van der Waals surface area contributed by atoms with Crippen molar-refractivity contribution in [3.8, 4) is 0 Å². The minimum atomic E-state index is -4.78. The Hall–Kier alpha value is -1.08. The van der Waals surface area contributed by atoms with E-state index in [0.29, 0.717) is 5.56 Å². The molecule has 0 spiro atoms. The smallest absolute Gasteiger partial charge is 0.406 e. The molecule has 2 atom stereocenters. The van der Waals surface area contributed by atoms with E-state index >= 15 is 0 Å². The van der Waals surface area contributed by atoms with Crippen LogP contribution in [-0.4, -0.2) is 30.3 Å². The summed E-state index contributed by atoms with van der Waals surface area (Å²) >= 11 is 3.25. The van der Waals surface area contributed by atoms with Crippen LogP contribution in [0, 0.1) is 11.3 Å². The first-order valence-corrected chi connectivity index (χ1v) is 6.82. The van der Waals surface area contributed by atoms with Crippen LogP contribution in [0.2, 0.25) is 0 Å². The molecule has 2 rings (SSSR count). The molecule has 110 valence electrons. The van der Waals surface area contributed by atoms with Crippen LogP contribution in [0.4, 0.5) is 13.2 Å². The molecule has 0 aromatic heterocycles. The van der Waals surface area contributed by atoms with Crippen LogP contribution in [0.1, 0.15) is 5.56 Å². The van der Waals surface area contributed by atoms with Gasteiger partial charge in [-0.2, -0.15) is 13.2 Å². The lowest BCUT2D eigenvalue weighted by Gasteiger charge is -2.32. The van der Waals surface area contributed by atoms with Crippen LogP contribution < -0.4 is 5.32 Å². The summed E-state index contributed by atoms with van der Waals surface area (Å²) in [5, 5.41) is 11.7. The third kappa shape index (κ3) is 2.56. The molecule has 3 nitrogen and oxygen atoms in total. The van der Waals surface area contributed by atoms with Gasteiger partial charge in [-0.05, 0) is 30.7 Å². The Bertz CT molecular complexity index is 521. The number of halogens is 4. The highest BCUT2D eigenvalue weighted by Crippen LogP contribution is 2.47. The van der Waals surface area contributed by atoms with Gasteiger partial charge in [0, 0.05) is 16.9 Å². The summed E-state index contributed by atoms with van der Waals surface area (Å²) in [5.74, 6) is -2.83. The minimum Gasteiger partial charge on any atom is -0.481 e. The van der Waals surface area contributed by atoms with Gasteiger partial charge in [0.25, 0.3) is 0 Å². The monoisotopic (exact) mass is 351 g/mol. The number of hydrogen-bond acceptors (Lipinski definition) is 2. The number of aliphatic carboxylic acids is 1. The first-order chi connectivity index (χ1) is 9.27. The lowest BCUT2D eigenvalue weighted by Crippen LogP contribution is -2.51. The fourth-order valence-electron chi connectivity index (χ4n) is 2.66. The number of rotatable bonds is 3. The average molecular weight is 352 g/mol. The van der Waals surface area contributed by atoms with Gasteiger partial charge < -0.3 is 10.4 Å². The van der Waals surface area contributed by atoms with Gasteiger partial charge >= 0.3 is 12.1 Å². The van der Waals surface area contributed by atoms with E-state index in [9.17, 15) is 18.0 Å². The number of hydrogen-bond donors (Lipinski definition) is 2. The summed E-state index contributed by atoms with van der Waals surface area (Å²) in [7, 11) is 0. The molecule has 2 N–H and O–H groups in total. The first kappa shape index (κ1) is 15.3. The molecule has 20 heavy (non-hydrogen) atoms. The Labute approximate surface area is 122 Å². The molecule has 1 saturated heterocycles. The van der Waals surface area contributed by atoms with E-state index < -0.39 is 30.0 Å². The Morgan fingerprint density at radius 3 is 2.75 bits per heavy atom. The number of carbonyl (C=O) groups is 1. The molecule has 1 aliphatic heterocycles. The fourth-order valence-corrected chi connectivity index (χ4v) is 3.11. The second-order valence-corrected chi connectivity index (χ2v) is 5.85. The lowest BCUT2D eigenvalue weighted by atomic mass is 9.74. The van der Waals surface area contributed by atoms with Crippen LogP contribution in [0.15, 0.2) is 28.7 Å². The maximum absolute atomic E-state index is 13.3. The molecule has 0 radical (unpaired) electrons. The first-order valence-electron chi connectivity index (χ1n) is 6.02. The summed E-state index contributed by atoms with van der Waals surface area (Å²) in [4.78, 5) is 11.3. The van der Waals surface area contributed by atoms with E-state index in [1.807, 2.05) is 0 Å². The number of carboxylic acid groups (broad SMARTS) is 1. The van der Waals surface area contributed by atoms with Gasteiger partial charge in [0.2, 0.25) is 0 Å². The Balaban J connectivity index is 2.32. The molecular weight excluding hydrogens is 339 g/mol. The molecule has 7 heteroatoms. The normalized spacial score (nSPS) is 26.7. The number of alkyl halides is 3. The summed E-state index contributed by atoms with van der Waals surface area (Å²) < 4.78 is 40.6. The van der Waals surface area contributed by atoms with E-state index in [0.717, 1.165) is 4.47 Å². The zero-order chi connectivity index (χ0) is 15.0. The van der Waals surface area contributed by atoms with Crippen molar-refractivity contribution >= 4 is 21.9 Å². The summed E-state index contributed by atoms with van der Waals surface area (Å²) in [6, 6.07) is 6.90. The summed E-state index contributed by atoms with van der Waals surface area (Å²) in [6.45, 7) is -0.539. The number of carboxylic acids is 1. The van der Waals surface area contributed by atoms with Gasteiger partial charge in [0.05, 0.1) is 0 Å². The summed E-state index contributed by atoms with van der Waals surface area (Å²) in [6.07, 6.45) is -4.71. The van der Waals surface area contributed by atoms with E-state index in [1.165, 1.54) is 0 Å². The minimum absolute atomic E-state index is 0.0400. The molecule has 0 bridgehead atoms. The maximum atomic E-state index is 13.3. The Morgan fingerprint density at radius 1 is 1.50 bits per heavy atom. The standard InChI is InChI=1S/C13H13BrF3NO2/c14-10-3-1-2-8(5-10)4-9-6-18-7-12(9,11(19)20)13(15,16)17/h1-3,5,9,18H,4,6-7H2,(H,19,20)/t9-,12-/m0/s1. The molecule has 0 amide bonds. The number of benzene rings is 1. The second-order valence-electron chi connectivity index (χ2n) is 4.94. The average Bonchev–Trinajstić information content (AvgIpc) is 2.73. The van der Waals surface area contributed by atoms with Gasteiger partial charge in [-0.25, -0.2) is 0 Å². The van der Waals surface area contributed by atoms with E-state index in [4.69, 9.17) is 5.11 Å². The predicted octanol–water partition coefficient (Wildman–Crippen LogP) is 2.84. The highest BCUT2D eigenvalue weighted by Gasteiger charge is 2.66. The zero-order valence-electron chi connectivity index (χ0n) is 10.4. The highest BCUT2D eigenvalue weighted by atomic mass is 79.9. The molecule has 1 aliphatic rings. The van der Waals surface area contributed by atoms with E-state index in [2.05, 4.69) is 21.2 Å². The Kier molecular flexibility index (Phi) is 4.11. The van der Waals surface area contributed by atoms with Gasteiger partial charge in [0.15, 0.2) is 5.41 Å². The molecule has 1 fully saturated rings. The van der Waals surface area contributed by atoms with Crippen LogP contribution in [0.3, 0.4) is 0 Å². The second kappa shape index (κ2) is 5.37. The predicted molar refractivity (Wildman–Crippen MR) is 70.3 cm³/mol. The van der Waals surface area contributed by atoms with E-state index in [1.54, 1.807) is 24.3 Å². The van der Waals surface area contributed by atoms with Crippen molar-refractivity contribution in [2.24, 2.45) is 11.3 Å². The van der Waals surface area contributed by atoms with Gasteiger partial charge in [-0.15, -0.1) is 0 Å². The molecule has 0 unspecified atom stereocenters. The molecule has 0 saturated carbocycles.